The molecule has 4 aromatic carbocycles. The van der Waals surface area contributed by atoms with Crippen molar-refractivity contribution < 1.29 is 20.4 Å². The number of halogens is 2. The summed E-state index contributed by atoms with van der Waals surface area (Å²) in [5.41, 5.74) is 26.7. The Morgan fingerprint density at radius 3 is 1.43 bits per heavy atom. The van der Waals surface area contributed by atoms with Crippen LogP contribution >= 0.6 is 31.9 Å². The molecule has 564 valence electrons. The van der Waals surface area contributed by atoms with Crippen LogP contribution in [0.1, 0.15) is 196 Å². The minimum Gasteiger partial charge on any atom is -0.387 e. The van der Waals surface area contributed by atoms with Gasteiger partial charge in [0.2, 0.25) is 0 Å². The number of fused-ring (bicyclic) bond motifs is 20. The number of benzene rings is 4. The average molecular weight is 1590 g/mol. The van der Waals surface area contributed by atoms with Crippen LogP contribution in [0, 0.1) is 27.7 Å². The minimum atomic E-state index is -0.553. The van der Waals surface area contributed by atoms with Crippen LogP contribution in [0.15, 0.2) is 168 Å². The number of aliphatic hydroxyl groups excluding tert-OH is 4. The summed E-state index contributed by atoms with van der Waals surface area (Å²) in [6.45, 7) is 26.8. The van der Waals surface area contributed by atoms with Gasteiger partial charge in [-0.25, -0.2) is 0 Å². The van der Waals surface area contributed by atoms with Crippen molar-refractivity contribution in [2.45, 2.75) is 186 Å². The van der Waals surface area contributed by atoms with Gasteiger partial charge in [-0.3, -0.25) is 39.5 Å². The van der Waals surface area contributed by atoms with Gasteiger partial charge in [0.1, 0.15) is 0 Å². The lowest BCUT2D eigenvalue weighted by atomic mass is 9.83. The van der Waals surface area contributed by atoms with E-state index in [0.29, 0.717) is 44.3 Å². The average Bonchev–Trinajstić information content (AvgIpc) is 1.58. The molecular formula is C91H102Br2N12O4. The number of hydrogen-bond donors (Lipinski definition) is 4. The van der Waals surface area contributed by atoms with Gasteiger partial charge in [-0.05, 0) is 280 Å². The third-order valence-corrected chi connectivity index (χ3v) is 27.6. The molecule has 8 atom stereocenters. The second-order valence-corrected chi connectivity index (χ2v) is 33.8. The van der Waals surface area contributed by atoms with Crippen molar-refractivity contribution in [2.24, 2.45) is 0 Å². The second-order valence-electron chi connectivity index (χ2n) is 32.2. The maximum Gasteiger partial charge on any atom is 0.0970 e. The summed E-state index contributed by atoms with van der Waals surface area (Å²) in [7, 11) is 0. The molecule has 4 fully saturated rings. The van der Waals surface area contributed by atoms with Crippen molar-refractivity contribution >= 4 is 81.5 Å². The van der Waals surface area contributed by atoms with Gasteiger partial charge >= 0.3 is 0 Å². The molecule has 18 heteroatoms. The molecule has 0 radical (unpaired) electrons. The van der Waals surface area contributed by atoms with Crippen molar-refractivity contribution in [1.82, 2.24) is 57.8 Å². The zero-order valence-electron chi connectivity index (χ0n) is 63.6. The van der Waals surface area contributed by atoms with Gasteiger partial charge in [0.15, 0.2) is 0 Å². The molecule has 4 N–H and O–H groups in total. The van der Waals surface area contributed by atoms with Gasteiger partial charge in [0, 0.05) is 200 Å². The Labute approximate surface area is 657 Å². The molecular weight excluding hydrogens is 1480 g/mol. The first kappa shape index (κ1) is 73.8. The Bertz CT molecular complexity index is 5300. The number of nitrogens with zero attached hydrogens (tertiary/aromatic N) is 12. The third-order valence-electron chi connectivity index (χ3n) is 25.8. The van der Waals surface area contributed by atoms with Crippen LogP contribution in [0.5, 0.6) is 0 Å². The molecule has 16 nitrogen and oxygen atoms in total. The van der Waals surface area contributed by atoms with Gasteiger partial charge in [-0.2, -0.15) is 0 Å². The van der Waals surface area contributed by atoms with E-state index in [1.54, 1.807) is 49.6 Å². The number of aromatic nitrogens is 8. The Morgan fingerprint density at radius 1 is 0.450 bits per heavy atom. The van der Waals surface area contributed by atoms with Crippen molar-refractivity contribution in [3.05, 3.63) is 263 Å². The maximum atomic E-state index is 11.0. The van der Waals surface area contributed by atoms with E-state index in [-0.39, 0.29) is 5.54 Å². The predicted molar refractivity (Wildman–Crippen MR) is 443 cm³/mol. The summed E-state index contributed by atoms with van der Waals surface area (Å²) in [6, 6.07) is 37.1. The Hall–Kier alpha value is -7.98. The first-order chi connectivity index (χ1) is 53.0. The van der Waals surface area contributed by atoms with Crippen LogP contribution in [0.4, 0.5) is 0 Å². The van der Waals surface area contributed by atoms with Crippen molar-refractivity contribution in [3.8, 4) is 0 Å². The van der Waals surface area contributed by atoms with E-state index in [4.69, 9.17) is 0 Å². The monoisotopic (exact) mass is 1580 g/mol. The van der Waals surface area contributed by atoms with Crippen LogP contribution in [0.25, 0.3) is 49.7 Å². The molecule has 0 amide bonds. The van der Waals surface area contributed by atoms with Gasteiger partial charge in [0.05, 0.1) is 56.1 Å². The fourth-order valence-electron chi connectivity index (χ4n) is 20.5. The highest BCUT2D eigenvalue weighted by molar-refractivity contribution is 9.11. The van der Waals surface area contributed by atoms with Crippen LogP contribution in [0.2, 0.25) is 0 Å². The topological polar surface area (TPSA) is 165 Å². The zero-order chi connectivity index (χ0) is 74.9. The molecule has 12 aromatic rings. The van der Waals surface area contributed by atoms with Gasteiger partial charge < -0.3 is 38.7 Å². The molecule has 109 heavy (non-hydrogen) atoms. The SMILES string of the molecule is C=Cc1cc(C)cc2c3c(n(CC(O)c4ccncc4)c12)CCN1CCCC31.Cc1cc2c3c(n(CC(O)c4ccncc4)c2cc1Br)CCN1CCCC31.Cc1ccc2c(c1)c1c(n2CC(O)c2ccncc2)CCN2CCCC12C.Cc1ccc2c(c1Br)c1c(n2CC(O)c2ccncc2)CCN2CCCC12. The van der Waals surface area contributed by atoms with Crippen molar-refractivity contribution in [1.29, 1.82) is 0 Å². The minimum absolute atomic E-state index is 0.131. The highest BCUT2D eigenvalue weighted by Crippen LogP contribution is 2.51. The zero-order valence-corrected chi connectivity index (χ0v) is 66.8. The quantitative estimate of drug-likeness (QED) is 0.0865. The lowest BCUT2D eigenvalue weighted by molar-refractivity contribution is 0.135. The van der Waals surface area contributed by atoms with E-state index >= 15 is 0 Å². The highest BCUT2D eigenvalue weighted by Gasteiger charge is 2.46. The van der Waals surface area contributed by atoms with Gasteiger partial charge in [-0.15, -0.1) is 0 Å². The molecule has 16 heterocycles. The first-order valence-corrected chi connectivity index (χ1v) is 41.4. The second kappa shape index (κ2) is 30.9. The summed E-state index contributed by atoms with van der Waals surface area (Å²) in [5.74, 6) is 0. The number of aliphatic hydroxyl groups is 4. The van der Waals surface area contributed by atoms with Gasteiger partial charge in [-0.1, -0.05) is 46.3 Å². The third kappa shape index (κ3) is 13.7. The lowest BCUT2D eigenvalue weighted by Crippen LogP contribution is -2.44. The molecule has 0 aliphatic carbocycles. The molecule has 8 aliphatic heterocycles. The lowest BCUT2D eigenvalue weighted by Gasteiger charge is -2.40. The number of rotatable bonds is 13. The largest absolute Gasteiger partial charge is 0.387 e. The van der Waals surface area contributed by atoms with E-state index in [2.05, 4.69) is 185 Å². The summed E-state index contributed by atoms with van der Waals surface area (Å²) in [5, 5.41) is 49.1. The molecule has 0 spiro atoms. The summed E-state index contributed by atoms with van der Waals surface area (Å²) < 4.78 is 11.8. The number of hydrogen-bond acceptors (Lipinski definition) is 12. The summed E-state index contributed by atoms with van der Waals surface area (Å²) >= 11 is 7.60. The normalized spacial score (nSPS) is 21.2. The number of pyridine rings is 4. The maximum absolute atomic E-state index is 11.0. The molecule has 8 unspecified atom stereocenters. The van der Waals surface area contributed by atoms with Crippen molar-refractivity contribution in [2.75, 3.05) is 52.4 Å². The fraction of sp³-hybridized carbons (Fsp3) is 0.407. The van der Waals surface area contributed by atoms with E-state index in [1.807, 2.05) is 54.6 Å². The summed E-state index contributed by atoms with van der Waals surface area (Å²) in [6.07, 6.45) is 28.1. The number of aryl methyl sites for hydroxylation is 4. The Kier molecular flexibility index (Phi) is 21.0. The van der Waals surface area contributed by atoms with Crippen LogP contribution in [-0.2, 0) is 57.4 Å². The van der Waals surface area contributed by atoms with E-state index in [1.165, 1.54) is 193 Å². The fourth-order valence-corrected chi connectivity index (χ4v) is 21.4. The van der Waals surface area contributed by atoms with E-state index < -0.39 is 24.4 Å². The van der Waals surface area contributed by atoms with Gasteiger partial charge in [0.25, 0.3) is 0 Å². The van der Waals surface area contributed by atoms with Crippen LogP contribution < -0.4 is 0 Å². The van der Waals surface area contributed by atoms with E-state index in [0.717, 1.165) is 84.2 Å². The Morgan fingerprint density at radius 2 is 0.899 bits per heavy atom. The van der Waals surface area contributed by atoms with Crippen LogP contribution in [0.3, 0.4) is 0 Å². The standard InChI is InChI=1S/C24H27N3O.C23H27N3O.2C22H24BrN3O/c1-3-17-13-16(2)14-19-23-20-5-4-11-26(20)12-8-21(23)27(24(17)19)15-22(28)18-6-9-25-10-7-18;1-16-4-5-19-18(14-16)22-20(8-13-25-12-3-9-23(22,25)2)26(19)15-21(27)17-6-10-24-11-7-17;1-14-11-16-20(12-17(14)23)26(13-21(27)15-4-7-24-8-5-15)19-6-10-25-9-2-3-18(25)22(16)19;1-14-4-5-17-21(22(14)23)20-16-3-2-11-25(16)12-8-18(20)26(17)13-19(27)15-6-9-24-10-7-15/h3,6-7,9-10,13-14,20,22,28H,1,4-5,8,11-12,15H2,2H3;4-7,10-11,14,21,27H,3,8-9,12-13,15H2,1-2H3;4-5,7-8,11-12,18,21,27H,2-3,6,9-10,13H2,1H3;4-7,9-10,16,19,27H,2-3,8,11-13H2,1H3. The predicted octanol–water partition coefficient (Wildman–Crippen LogP) is 17.4. The molecule has 8 aliphatic rings. The molecule has 0 saturated carbocycles. The van der Waals surface area contributed by atoms with Crippen LogP contribution in [-0.4, -0.2) is 131 Å². The molecule has 8 aromatic heterocycles. The Balaban J connectivity index is 0.000000106. The molecule has 4 saturated heterocycles. The smallest absolute Gasteiger partial charge is 0.0970 e. The molecule has 20 rings (SSSR count). The van der Waals surface area contributed by atoms with E-state index in [9.17, 15) is 20.4 Å². The molecule has 0 bridgehead atoms. The summed E-state index contributed by atoms with van der Waals surface area (Å²) in [4.78, 5) is 26.9. The first-order valence-electron chi connectivity index (χ1n) is 39.8. The highest BCUT2D eigenvalue weighted by atomic mass is 79.9. The van der Waals surface area contributed by atoms with Crippen molar-refractivity contribution in [3.63, 3.8) is 0 Å².